The Morgan fingerprint density at radius 1 is 1.06 bits per heavy atom. The van der Waals surface area contributed by atoms with Gasteiger partial charge >= 0.3 is 0 Å². The van der Waals surface area contributed by atoms with Crippen LogP contribution in [-0.4, -0.2) is 40.6 Å². The lowest BCUT2D eigenvalue weighted by Gasteiger charge is -2.56. The predicted octanol–water partition coefficient (Wildman–Crippen LogP) is 4.90. The van der Waals surface area contributed by atoms with Gasteiger partial charge in [0, 0.05) is 30.8 Å². The van der Waals surface area contributed by atoms with Crippen molar-refractivity contribution in [3.05, 3.63) is 24.0 Å². The fraction of sp³-hybridized carbons (Fsp3) is 0.679. The molecule has 0 aliphatic heterocycles. The molecule has 7 nitrogen and oxygen atoms in total. The molecule has 7 rings (SSSR count). The van der Waals surface area contributed by atoms with Gasteiger partial charge in [0.1, 0.15) is 0 Å². The number of fused-ring (bicyclic) bond motifs is 1. The Morgan fingerprint density at radius 3 is 2.40 bits per heavy atom. The Labute approximate surface area is 207 Å². The van der Waals surface area contributed by atoms with Crippen LogP contribution in [0.15, 0.2) is 18.5 Å². The van der Waals surface area contributed by atoms with E-state index in [-0.39, 0.29) is 23.3 Å². The molecule has 2 aromatic rings. The maximum absolute atomic E-state index is 13.9. The quantitative estimate of drug-likeness (QED) is 0.593. The molecule has 0 radical (unpaired) electrons. The number of amides is 2. The van der Waals surface area contributed by atoms with Crippen LogP contribution in [0.4, 0.5) is 5.69 Å². The summed E-state index contributed by atoms with van der Waals surface area (Å²) in [5.41, 5.74) is 2.75. The Bertz CT molecular complexity index is 1080. The molecule has 2 N–H and O–H groups in total. The number of anilines is 1. The molecule has 1 aromatic heterocycles. The number of nitrogens with one attached hydrogen (secondary N) is 2. The van der Waals surface area contributed by atoms with Crippen molar-refractivity contribution in [1.82, 2.24) is 14.9 Å². The molecule has 4 bridgehead atoms. The monoisotopic (exact) mass is 478 g/mol. The van der Waals surface area contributed by atoms with Gasteiger partial charge in [0.15, 0.2) is 0 Å². The number of benzene rings is 1. The third kappa shape index (κ3) is 4.48. The molecule has 0 saturated heterocycles. The molecule has 5 aliphatic rings. The number of methoxy groups -OCH3 is 1. The SMILES string of the molecule is COCCn1cnc2cc(NC(=O)C3CCCCC3)cc(C(=O)NC34CC5CC(CC(C5)C3)C4)c21. The van der Waals surface area contributed by atoms with Crippen molar-refractivity contribution < 1.29 is 14.3 Å². The Balaban J connectivity index is 1.31. The smallest absolute Gasteiger partial charge is 0.253 e. The minimum Gasteiger partial charge on any atom is -0.383 e. The van der Waals surface area contributed by atoms with Crippen LogP contribution < -0.4 is 10.6 Å². The van der Waals surface area contributed by atoms with Crippen molar-refractivity contribution in [3.8, 4) is 0 Å². The number of carbonyl (C=O) groups is 2. The van der Waals surface area contributed by atoms with Crippen LogP contribution in [0, 0.1) is 23.7 Å². The van der Waals surface area contributed by atoms with Gasteiger partial charge in [-0.25, -0.2) is 4.98 Å². The second-order valence-corrected chi connectivity index (χ2v) is 11.8. The molecule has 1 heterocycles. The van der Waals surface area contributed by atoms with Crippen LogP contribution in [-0.2, 0) is 16.1 Å². The van der Waals surface area contributed by atoms with E-state index in [1.54, 1.807) is 13.4 Å². The Kier molecular flexibility index (Phi) is 6.07. The summed E-state index contributed by atoms with van der Waals surface area (Å²) in [5.74, 6) is 2.36. The fourth-order valence-corrected chi connectivity index (χ4v) is 7.99. The van der Waals surface area contributed by atoms with Crippen molar-refractivity contribution in [3.63, 3.8) is 0 Å². The molecular formula is C28H38N4O3. The van der Waals surface area contributed by atoms with E-state index in [4.69, 9.17) is 4.74 Å². The second-order valence-electron chi connectivity index (χ2n) is 11.8. The summed E-state index contributed by atoms with van der Waals surface area (Å²) in [6.45, 7) is 1.17. The number of hydrogen-bond donors (Lipinski definition) is 2. The van der Waals surface area contributed by atoms with Crippen molar-refractivity contribution in [1.29, 1.82) is 0 Å². The van der Waals surface area contributed by atoms with E-state index in [0.717, 1.165) is 73.7 Å². The van der Waals surface area contributed by atoms with Gasteiger partial charge in [-0.05, 0) is 81.3 Å². The number of imidazole rings is 1. The van der Waals surface area contributed by atoms with Gasteiger partial charge < -0.3 is 19.9 Å². The zero-order chi connectivity index (χ0) is 24.0. The number of ether oxygens (including phenoxy) is 1. The highest BCUT2D eigenvalue weighted by atomic mass is 16.5. The molecule has 5 saturated carbocycles. The average molecular weight is 479 g/mol. The molecule has 1 aromatic carbocycles. The fourth-order valence-electron chi connectivity index (χ4n) is 7.99. The van der Waals surface area contributed by atoms with E-state index in [1.165, 1.54) is 25.7 Å². The Hall–Kier alpha value is -2.41. The van der Waals surface area contributed by atoms with Gasteiger partial charge in [-0.3, -0.25) is 9.59 Å². The summed E-state index contributed by atoms with van der Waals surface area (Å²) in [5, 5.41) is 6.64. The highest BCUT2D eigenvalue weighted by molar-refractivity contribution is 6.08. The number of hydrogen-bond acceptors (Lipinski definition) is 4. The molecule has 0 unspecified atom stereocenters. The zero-order valence-corrected chi connectivity index (χ0v) is 20.9. The largest absolute Gasteiger partial charge is 0.383 e. The van der Waals surface area contributed by atoms with Crippen molar-refractivity contribution in [2.45, 2.75) is 82.7 Å². The van der Waals surface area contributed by atoms with Crippen LogP contribution in [0.25, 0.3) is 11.0 Å². The van der Waals surface area contributed by atoms with Crippen molar-refractivity contribution in [2.24, 2.45) is 23.7 Å². The highest BCUT2D eigenvalue weighted by Crippen LogP contribution is 2.55. The van der Waals surface area contributed by atoms with Gasteiger partial charge in [0.25, 0.3) is 5.91 Å². The molecule has 0 atom stereocenters. The van der Waals surface area contributed by atoms with Crippen molar-refractivity contribution in [2.75, 3.05) is 19.0 Å². The van der Waals surface area contributed by atoms with E-state index in [2.05, 4.69) is 15.6 Å². The minimum atomic E-state index is -0.0725. The van der Waals surface area contributed by atoms with Crippen LogP contribution in [0.5, 0.6) is 0 Å². The lowest BCUT2D eigenvalue weighted by atomic mass is 9.53. The van der Waals surface area contributed by atoms with Gasteiger partial charge in [-0.1, -0.05) is 19.3 Å². The predicted molar refractivity (Wildman–Crippen MR) is 135 cm³/mol. The molecule has 188 valence electrons. The topological polar surface area (TPSA) is 85.2 Å². The molecule has 0 spiro atoms. The lowest BCUT2D eigenvalue weighted by molar-refractivity contribution is -0.120. The van der Waals surface area contributed by atoms with Crippen LogP contribution >= 0.6 is 0 Å². The molecular weight excluding hydrogens is 440 g/mol. The van der Waals surface area contributed by atoms with Crippen LogP contribution in [0.3, 0.4) is 0 Å². The maximum atomic E-state index is 13.9. The standard InChI is InChI=1S/C28H38N4O3/c1-35-8-7-32-17-29-24-13-22(30-26(33)21-5-3-2-4-6-21)12-23(25(24)32)27(34)31-28-14-18-9-19(15-28)11-20(10-18)16-28/h12-13,17-21H,2-11,14-16H2,1H3,(H,30,33)(H,31,34). The minimum absolute atomic E-state index is 0.0371. The normalized spacial score (nSPS) is 30.0. The van der Waals surface area contributed by atoms with E-state index in [9.17, 15) is 9.59 Å². The number of aromatic nitrogens is 2. The number of nitrogens with zero attached hydrogens (tertiary/aromatic N) is 2. The summed E-state index contributed by atoms with van der Waals surface area (Å²) in [6, 6.07) is 3.77. The average Bonchev–Trinajstić information content (AvgIpc) is 3.24. The first kappa shape index (κ1) is 23.0. The number of carbonyl (C=O) groups excluding carboxylic acids is 2. The van der Waals surface area contributed by atoms with Crippen LogP contribution in [0.1, 0.15) is 81.0 Å². The third-order valence-corrected chi connectivity index (χ3v) is 9.15. The van der Waals surface area contributed by atoms with Gasteiger partial charge in [-0.15, -0.1) is 0 Å². The van der Waals surface area contributed by atoms with E-state index >= 15 is 0 Å². The summed E-state index contributed by atoms with van der Waals surface area (Å²) >= 11 is 0. The van der Waals surface area contributed by atoms with Gasteiger partial charge in [-0.2, -0.15) is 0 Å². The lowest BCUT2D eigenvalue weighted by Crippen LogP contribution is -2.59. The zero-order valence-electron chi connectivity index (χ0n) is 20.9. The summed E-state index contributed by atoms with van der Waals surface area (Å²) in [7, 11) is 1.68. The maximum Gasteiger partial charge on any atom is 0.253 e. The first-order valence-electron chi connectivity index (χ1n) is 13.6. The molecule has 5 fully saturated rings. The first-order chi connectivity index (χ1) is 17.0. The Morgan fingerprint density at radius 2 is 1.74 bits per heavy atom. The summed E-state index contributed by atoms with van der Waals surface area (Å²) < 4.78 is 7.29. The van der Waals surface area contributed by atoms with Gasteiger partial charge in [0.05, 0.1) is 29.5 Å². The first-order valence-corrected chi connectivity index (χ1v) is 13.6. The molecule has 7 heteroatoms. The van der Waals surface area contributed by atoms with Crippen molar-refractivity contribution >= 4 is 28.5 Å². The van der Waals surface area contributed by atoms with E-state index in [1.807, 2.05) is 16.7 Å². The highest BCUT2D eigenvalue weighted by Gasteiger charge is 2.51. The molecule has 2 amide bonds. The summed E-state index contributed by atoms with van der Waals surface area (Å²) in [4.78, 5) is 31.5. The summed E-state index contributed by atoms with van der Waals surface area (Å²) in [6.07, 6.45) is 14.4. The third-order valence-electron chi connectivity index (χ3n) is 9.15. The second kappa shape index (κ2) is 9.23. The van der Waals surface area contributed by atoms with E-state index in [0.29, 0.717) is 24.4 Å². The van der Waals surface area contributed by atoms with Gasteiger partial charge in [0.2, 0.25) is 5.91 Å². The van der Waals surface area contributed by atoms with E-state index < -0.39 is 0 Å². The van der Waals surface area contributed by atoms with Crippen LogP contribution in [0.2, 0.25) is 0 Å². The molecule has 5 aliphatic carbocycles. The molecule has 35 heavy (non-hydrogen) atoms. The number of rotatable bonds is 7.